The monoisotopic (exact) mass is 315 g/mol. The van der Waals surface area contributed by atoms with E-state index in [4.69, 9.17) is 5.73 Å². The largest absolute Gasteiger partial charge is 0.327 e. The highest BCUT2D eigenvalue weighted by Gasteiger charge is 2.39. The van der Waals surface area contributed by atoms with Gasteiger partial charge in [0.15, 0.2) is 0 Å². The molecule has 2 fully saturated rings. The number of carbonyl (C=O) groups is 1. The predicted octanol–water partition coefficient (Wildman–Crippen LogP) is 2.61. The zero-order valence-corrected chi connectivity index (χ0v) is 14.6. The van der Waals surface area contributed by atoms with Crippen LogP contribution in [-0.4, -0.2) is 36.5 Å². The minimum Gasteiger partial charge on any atom is -0.327 e. The third kappa shape index (κ3) is 3.59. The number of nitrogens with one attached hydrogen (secondary N) is 1. The van der Waals surface area contributed by atoms with Gasteiger partial charge in [0.2, 0.25) is 5.91 Å². The fourth-order valence-electron chi connectivity index (χ4n) is 4.50. The lowest BCUT2D eigenvalue weighted by Gasteiger charge is -2.29. The van der Waals surface area contributed by atoms with E-state index in [0.717, 1.165) is 36.3 Å². The van der Waals surface area contributed by atoms with E-state index in [1.807, 2.05) is 0 Å². The van der Waals surface area contributed by atoms with Crippen LogP contribution < -0.4 is 11.1 Å². The van der Waals surface area contributed by atoms with Crippen LogP contribution in [0.1, 0.15) is 36.0 Å². The van der Waals surface area contributed by atoms with Gasteiger partial charge >= 0.3 is 0 Å². The quantitative estimate of drug-likeness (QED) is 0.901. The standard InChI is InChI=1S/C19H29N3O/c1-12-7-13(2)19(14(3)8-12)21-18(23)11-22-9-15-5-4-6-17(20)16(15)10-22/h7-8,15-17H,4-6,9-11,20H2,1-3H3,(H,21,23). The fraction of sp³-hybridized carbons (Fsp3) is 0.632. The van der Waals surface area contributed by atoms with Crippen molar-refractivity contribution in [1.29, 1.82) is 0 Å². The third-order valence-electron chi connectivity index (χ3n) is 5.54. The Morgan fingerprint density at radius 2 is 1.91 bits per heavy atom. The number of hydrogen-bond acceptors (Lipinski definition) is 3. The van der Waals surface area contributed by atoms with Crippen molar-refractivity contribution in [2.24, 2.45) is 17.6 Å². The maximum absolute atomic E-state index is 12.5. The summed E-state index contributed by atoms with van der Waals surface area (Å²) >= 11 is 0. The minimum absolute atomic E-state index is 0.0901. The zero-order chi connectivity index (χ0) is 16.6. The molecule has 1 aliphatic carbocycles. The van der Waals surface area contributed by atoms with Gasteiger partial charge in [-0.2, -0.15) is 0 Å². The van der Waals surface area contributed by atoms with Gasteiger partial charge < -0.3 is 11.1 Å². The van der Waals surface area contributed by atoms with Crippen molar-refractivity contribution in [2.75, 3.05) is 25.0 Å². The van der Waals surface area contributed by atoms with Crippen LogP contribution in [0.15, 0.2) is 12.1 Å². The second-order valence-electron chi connectivity index (χ2n) is 7.53. The summed E-state index contributed by atoms with van der Waals surface area (Å²) < 4.78 is 0. The Balaban J connectivity index is 1.60. The number of benzene rings is 1. The first-order valence-electron chi connectivity index (χ1n) is 8.79. The normalized spacial score (nSPS) is 27.7. The summed E-state index contributed by atoms with van der Waals surface area (Å²) in [5, 5.41) is 3.11. The molecule has 0 aromatic heterocycles. The Morgan fingerprint density at radius 1 is 1.22 bits per heavy atom. The molecule has 126 valence electrons. The summed E-state index contributed by atoms with van der Waals surface area (Å²) in [4.78, 5) is 14.7. The van der Waals surface area contributed by atoms with Gasteiger partial charge in [0.1, 0.15) is 0 Å². The van der Waals surface area contributed by atoms with Crippen LogP contribution in [0.4, 0.5) is 5.69 Å². The number of aryl methyl sites for hydroxylation is 3. The maximum atomic E-state index is 12.5. The van der Waals surface area contributed by atoms with Crippen LogP contribution in [0.25, 0.3) is 0 Å². The summed E-state index contributed by atoms with van der Waals surface area (Å²) in [6, 6.07) is 4.56. The highest BCUT2D eigenvalue weighted by Crippen LogP contribution is 2.35. The van der Waals surface area contributed by atoms with Gasteiger partial charge in [-0.05, 0) is 56.6 Å². The molecule has 1 aromatic rings. The topological polar surface area (TPSA) is 58.4 Å². The van der Waals surface area contributed by atoms with Crippen molar-refractivity contribution in [2.45, 2.75) is 46.1 Å². The van der Waals surface area contributed by atoms with E-state index >= 15 is 0 Å². The Morgan fingerprint density at radius 3 is 2.57 bits per heavy atom. The molecular weight excluding hydrogens is 286 g/mol. The summed E-state index contributed by atoms with van der Waals surface area (Å²) in [5.74, 6) is 1.36. The molecule has 23 heavy (non-hydrogen) atoms. The molecule has 1 saturated heterocycles. The summed E-state index contributed by atoms with van der Waals surface area (Å²) in [7, 11) is 0. The molecule has 3 N–H and O–H groups in total. The van der Waals surface area contributed by atoms with Crippen LogP contribution in [0.3, 0.4) is 0 Å². The van der Waals surface area contributed by atoms with E-state index in [-0.39, 0.29) is 5.91 Å². The number of likely N-dealkylation sites (tertiary alicyclic amines) is 1. The van der Waals surface area contributed by atoms with Crippen molar-refractivity contribution >= 4 is 11.6 Å². The highest BCUT2D eigenvalue weighted by molar-refractivity contribution is 5.93. The van der Waals surface area contributed by atoms with Crippen molar-refractivity contribution < 1.29 is 4.79 Å². The molecule has 3 unspecified atom stereocenters. The van der Waals surface area contributed by atoms with Crippen LogP contribution >= 0.6 is 0 Å². The number of nitrogens with zero attached hydrogens (tertiary/aromatic N) is 1. The first kappa shape index (κ1) is 16.5. The molecule has 0 bridgehead atoms. The van der Waals surface area contributed by atoms with Crippen LogP contribution in [0.5, 0.6) is 0 Å². The van der Waals surface area contributed by atoms with Crippen LogP contribution in [-0.2, 0) is 4.79 Å². The van der Waals surface area contributed by atoms with Crippen LogP contribution in [0, 0.1) is 32.6 Å². The van der Waals surface area contributed by atoms with E-state index in [1.54, 1.807) is 0 Å². The SMILES string of the molecule is Cc1cc(C)c(NC(=O)CN2CC3CCCC(N)C3C2)c(C)c1. The molecule has 1 aromatic carbocycles. The lowest BCUT2D eigenvalue weighted by atomic mass is 9.78. The average Bonchev–Trinajstić information content (AvgIpc) is 2.86. The summed E-state index contributed by atoms with van der Waals surface area (Å²) in [5.41, 5.74) is 10.7. The Labute approximate surface area is 139 Å². The molecular formula is C19H29N3O. The smallest absolute Gasteiger partial charge is 0.238 e. The summed E-state index contributed by atoms with van der Waals surface area (Å²) in [6.45, 7) is 8.67. The number of nitrogens with two attached hydrogens (primary N) is 1. The first-order valence-corrected chi connectivity index (χ1v) is 8.79. The molecule has 2 aliphatic rings. The number of hydrogen-bond donors (Lipinski definition) is 2. The molecule has 4 nitrogen and oxygen atoms in total. The van der Waals surface area contributed by atoms with Crippen molar-refractivity contribution in [1.82, 2.24) is 4.90 Å². The zero-order valence-electron chi connectivity index (χ0n) is 14.6. The Kier molecular flexibility index (Phi) is 4.74. The average molecular weight is 315 g/mol. The number of anilines is 1. The molecule has 1 aliphatic heterocycles. The Hall–Kier alpha value is -1.39. The number of fused-ring (bicyclic) bond motifs is 1. The van der Waals surface area contributed by atoms with E-state index in [0.29, 0.717) is 24.4 Å². The van der Waals surface area contributed by atoms with Gasteiger partial charge in [-0.1, -0.05) is 24.1 Å². The van der Waals surface area contributed by atoms with Crippen molar-refractivity contribution in [3.63, 3.8) is 0 Å². The molecule has 0 spiro atoms. The molecule has 0 radical (unpaired) electrons. The molecule has 4 heteroatoms. The second kappa shape index (κ2) is 6.62. The van der Waals surface area contributed by atoms with Gasteiger partial charge in [0.05, 0.1) is 6.54 Å². The number of carbonyl (C=O) groups excluding carboxylic acids is 1. The van der Waals surface area contributed by atoms with Crippen molar-refractivity contribution in [3.8, 4) is 0 Å². The molecule has 1 saturated carbocycles. The van der Waals surface area contributed by atoms with E-state index < -0.39 is 0 Å². The van der Waals surface area contributed by atoms with Gasteiger partial charge in [-0.3, -0.25) is 9.69 Å². The van der Waals surface area contributed by atoms with E-state index in [1.165, 1.54) is 18.4 Å². The van der Waals surface area contributed by atoms with Crippen molar-refractivity contribution in [3.05, 3.63) is 28.8 Å². The first-order chi connectivity index (χ1) is 10.9. The lowest BCUT2D eigenvalue weighted by Crippen LogP contribution is -2.38. The second-order valence-corrected chi connectivity index (χ2v) is 7.53. The maximum Gasteiger partial charge on any atom is 0.238 e. The number of amides is 1. The molecule has 3 rings (SSSR count). The van der Waals surface area contributed by atoms with Crippen LogP contribution in [0.2, 0.25) is 0 Å². The number of rotatable bonds is 3. The third-order valence-corrected chi connectivity index (χ3v) is 5.54. The molecule has 1 amide bonds. The fourth-order valence-corrected chi connectivity index (χ4v) is 4.50. The Bertz CT molecular complexity index is 575. The van der Waals surface area contributed by atoms with Gasteiger partial charge in [0, 0.05) is 24.8 Å². The molecule has 3 atom stereocenters. The van der Waals surface area contributed by atoms with E-state index in [2.05, 4.69) is 43.1 Å². The van der Waals surface area contributed by atoms with Gasteiger partial charge in [-0.25, -0.2) is 0 Å². The highest BCUT2D eigenvalue weighted by atomic mass is 16.2. The lowest BCUT2D eigenvalue weighted by molar-refractivity contribution is -0.117. The predicted molar refractivity (Wildman–Crippen MR) is 94.5 cm³/mol. The summed E-state index contributed by atoms with van der Waals surface area (Å²) in [6.07, 6.45) is 3.65. The van der Waals surface area contributed by atoms with Gasteiger partial charge in [0.25, 0.3) is 0 Å². The van der Waals surface area contributed by atoms with E-state index in [9.17, 15) is 4.79 Å². The molecule has 1 heterocycles. The minimum atomic E-state index is 0.0901. The van der Waals surface area contributed by atoms with Gasteiger partial charge in [-0.15, -0.1) is 0 Å².